The van der Waals surface area contributed by atoms with Crippen LogP contribution in [0, 0.1) is 5.92 Å². The average molecular weight is 305 g/mol. The third kappa shape index (κ3) is 2.95. The van der Waals surface area contributed by atoms with Gasteiger partial charge in [0.1, 0.15) is 12.0 Å². The molecule has 0 unspecified atom stereocenters. The van der Waals surface area contributed by atoms with Crippen LogP contribution in [0.3, 0.4) is 0 Å². The Bertz CT molecular complexity index is 715. The first-order valence-electron chi connectivity index (χ1n) is 6.92. The zero-order chi connectivity index (χ0) is 15.5. The second-order valence-electron chi connectivity index (χ2n) is 5.16. The topological polar surface area (TPSA) is 109 Å². The lowest BCUT2D eigenvalue weighted by atomic mass is 10.1. The van der Waals surface area contributed by atoms with E-state index in [0.29, 0.717) is 19.6 Å². The molecule has 1 saturated heterocycles. The number of carbonyl (C=O) groups excluding carboxylic acids is 2. The van der Waals surface area contributed by atoms with Crippen molar-refractivity contribution in [2.45, 2.75) is 6.42 Å². The van der Waals surface area contributed by atoms with Crippen LogP contribution < -0.4 is 11.1 Å². The molecule has 1 atom stereocenters. The summed E-state index contributed by atoms with van der Waals surface area (Å²) in [5.74, 6) is -0.757. The molecule has 0 aromatic carbocycles. The Kier molecular flexibility index (Phi) is 3.82. The van der Waals surface area contributed by atoms with E-state index in [1.54, 1.807) is 17.0 Å². The first-order chi connectivity index (χ1) is 10.6. The second kappa shape index (κ2) is 5.92. The zero-order valence-corrected chi connectivity index (χ0v) is 11.7. The lowest BCUT2D eigenvalue weighted by Crippen LogP contribution is -2.33. The first-order valence-corrected chi connectivity index (χ1v) is 6.92. The van der Waals surface area contributed by atoms with Crippen molar-refractivity contribution in [2.24, 2.45) is 5.92 Å². The van der Waals surface area contributed by atoms with Crippen LogP contribution in [0.5, 0.6) is 0 Å². The molecule has 3 heterocycles. The third-order valence-electron chi connectivity index (χ3n) is 3.62. The second-order valence-corrected chi connectivity index (χ2v) is 5.16. The summed E-state index contributed by atoms with van der Waals surface area (Å²) in [5.41, 5.74) is 0.144. The molecule has 2 aromatic rings. The lowest BCUT2D eigenvalue weighted by Gasteiger charge is -2.15. The molecule has 3 rings (SSSR count). The van der Waals surface area contributed by atoms with Crippen molar-refractivity contribution < 1.29 is 18.4 Å². The van der Waals surface area contributed by atoms with Gasteiger partial charge < -0.3 is 19.1 Å². The van der Waals surface area contributed by atoms with Gasteiger partial charge in [0.05, 0.1) is 6.26 Å². The smallest absolute Gasteiger partial charge is 0.416 e. The predicted octanol–water partition coefficient (Wildman–Crippen LogP) is 0.453. The number of oxazole rings is 1. The fourth-order valence-corrected chi connectivity index (χ4v) is 2.47. The molecule has 8 heteroatoms. The summed E-state index contributed by atoms with van der Waals surface area (Å²) in [6.07, 6.45) is 3.35. The Morgan fingerprint density at radius 3 is 2.95 bits per heavy atom. The number of furan rings is 1. The molecule has 22 heavy (non-hydrogen) atoms. The van der Waals surface area contributed by atoms with Gasteiger partial charge in [0.25, 0.3) is 11.8 Å². The fraction of sp³-hybridized carbons (Fsp3) is 0.357. The van der Waals surface area contributed by atoms with Crippen LogP contribution in [0.15, 0.2) is 38.3 Å². The summed E-state index contributed by atoms with van der Waals surface area (Å²) in [6.45, 7) is 1.56. The van der Waals surface area contributed by atoms with E-state index in [0.717, 1.165) is 12.7 Å². The first kappa shape index (κ1) is 14.2. The maximum absolute atomic E-state index is 12.1. The van der Waals surface area contributed by atoms with Gasteiger partial charge in [-0.25, -0.2) is 4.79 Å². The van der Waals surface area contributed by atoms with Gasteiger partial charge in [0.2, 0.25) is 0 Å². The highest BCUT2D eigenvalue weighted by molar-refractivity contribution is 5.92. The number of rotatable bonds is 4. The van der Waals surface area contributed by atoms with Crippen molar-refractivity contribution in [1.82, 2.24) is 15.2 Å². The van der Waals surface area contributed by atoms with Crippen LogP contribution in [0.4, 0.5) is 0 Å². The molecule has 2 amide bonds. The van der Waals surface area contributed by atoms with Gasteiger partial charge in [0.15, 0.2) is 5.76 Å². The molecule has 116 valence electrons. The van der Waals surface area contributed by atoms with Crippen molar-refractivity contribution in [2.75, 3.05) is 19.6 Å². The quantitative estimate of drug-likeness (QED) is 0.852. The van der Waals surface area contributed by atoms with Gasteiger partial charge >= 0.3 is 5.76 Å². The summed E-state index contributed by atoms with van der Waals surface area (Å²) < 4.78 is 9.58. The van der Waals surface area contributed by atoms with Crippen molar-refractivity contribution in [3.63, 3.8) is 0 Å². The monoisotopic (exact) mass is 305 g/mol. The summed E-state index contributed by atoms with van der Waals surface area (Å²) in [6, 6.07) is 3.24. The van der Waals surface area contributed by atoms with Crippen molar-refractivity contribution in [3.05, 3.63) is 46.7 Å². The van der Waals surface area contributed by atoms with Crippen LogP contribution in [-0.4, -0.2) is 41.3 Å². The molecular formula is C14H15N3O5. The largest absolute Gasteiger partial charge is 0.459 e. The van der Waals surface area contributed by atoms with Gasteiger partial charge in [0, 0.05) is 19.6 Å². The number of nitrogens with one attached hydrogen (secondary N) is 2. The van der Waals surface area contributed by atoms with E-state index in [1.165, 1.54) is 6.26 Å². The number of hydrogen-bond donors (Lipinski definition) is 2. The molecule has 1 aliphatic rings. The number of aromatic nitrogens is 1. The maximum Gasteiger partial charge on any atom is 0.416 e. The number of aromatic amines is 1. The van der Waals surface area contributed by atoms with Gasteiger partial charge in [-0.05, 0) is 24.5 Å². The predicted molar refractivity (Wildman–Crippen MR) is 74.4 cm³/mol. The van der Waals surface area contributed by atoms with Gasteiger partial charge in [-0.1, -0.05) is 0 Å². The Labute approximate surface area is 125 Å². The van der Waals surface area contributed by atoms with E-state index in [4.69, 9.17) is 4.42 Å². The Morgan fingerprint density at radius 1 is 1.41 bits per heavy atom. The highest BCUT2D eigenvalue weighted by Gasteiger charge is 2.28. The Balaban J connectivity index is 1.51. The SMILES string of the molecule is O=C(NC[C@H]1CCN(C(=O)c2coc(=O)[nH]2)C1)c1ccco1. The third-order valence-corrected chi connectivity index (χ3v) is 3.62. The van der Waals surface area contributed by atoms with E-state index in [1.807, 2.05) is 0 Å². The maximum atomic E-state index is 12.1. The highest BCUT2D eigenvalue weighted by atomic mass is 16.4. The number of H-pyrrole nitrogens is 1. The van der Waals surface area contributed by atoms with E-state index in [9.17, 15) is 14.4 Å². The Morgan fingerprint density at radius 2 is 2.27 bits per heavy atom. The highest BCUT2D eigenvalue weighted by Crippen LogP contribution is 2.17. The minimum Gasteiger partial charge on any atom is -0.459 e. The number of likely N-dealkylation sites (tertiary alicyclic amines) is 1. The molecule has 0 radical (unpaired) electrons. The van der Waals surface area contributed by atoms with Crippen LogP contribution in [0.25, 0.3) is 0 Å². The van der Waals surface area contributed by atoms with Crippen LogP contribution >= 0.6 is 0 Å². The molecular weight excluding hydrogens is 290 g/mol. The van der Waals surface area contributed by atoms with Gasteiger partial charge in [-0.3, -0.25) is 14.6 Å². The summed E-state index contributed by atoms with van der Waals surface area (Å²) in [4.78, 5) is 38.8. The van der Waals surface area contributed by atoms with Crippen LogP contribution in [0.2, 0.25) is 0 Å². The van der Waals surface area contributed by atoms with Crippen LogP contribution in [-0.2, 0) is 0 Å². The van der Waals surface area contributed by atoms with Gasteiger partial charge in [-0.2, -0.15) is 0 Å². The molecule has 0 spiro atoms. The standard InChI is InChI=1S/C14H15N3O5/c18-12(11-2-1-5-21-11)15-6-9-3-4-17(7-9)13(19)10-8-22-14(20)16-10/h1-2,5,8-9H,3-4,6-7H2,(H,15,18)(H,16,20)/t9-/m1/s1. The minimum absolute atomic E-state index is 0.144. The number of amides is 2. The Hall–Kier alpha value is -2.77. The summed E-state index contributed by atoms with van der Waals surface area (Å²) in [7, 11) is 0. The van der Waals surface area contributed by atoms with E-state index >= 15 is 0 Å². The average Bonchev–Trinajstić information content (AvgIpc) is 3.25. The van der Waals surface area contributed by atoms with Gasteiger partial charge in [-0.15, -0.1) is 0 Å². The summed E-state index contributed by atoms with van der Waals surface area (Å²) in [5, 5.41) is 2.78. The normalized spacial score (nSPS) is 17.6. The number of carbonyl (C=O) groups is 2. The molecule has 1 fully saturated rings. The van der Waals surface area contributed by atoms with Crippen molar-refractivity contribution in [3.8, 4) is 0 Å². The fourth-order valence-electron chi connectivity index (χ4n) is 2.47. The molecule has 0 aliphatic carbocycles. The molecule has 8 nitrogen and oxygen atoms in total. The molecule has 0 bridgehead atoms. The molecule has 1 aliphatic heterocycles. The van der Waals surface area contributed by atoms with Crippen molar-refractivity contribution in [1.29, 1.82) is 0 Å². The molecule has 2 N–H and O–H groups in total. The van der Waals surface area contributed by atoms with Crippen molar-refractivity contribution >= 4 is 11.8 Å². The molecule has 0 saturated carbocycles. The number of nitrogens with zero attached hydrogens (tertiary/aromatic N) is 1. The minimum atomic E-state index is -0.648. The lowest BCUT2D eigenvalue weighted by molar-refractivity contribution is 0.0781. The summed E-state index contributed by atoms with van der Waals surface area (Å²) >= 11 is 0. The molecule has 2 aromatic heterocycles. The van der Waals surface area contributed by atoms with E-state index in [2.05, 4.69) is 14.7 Å². The zero-order valence-electron chi connectivity index (χ0n) is 11.7. The number of hydrogen-bond acceptors (Lipinski definition) is 5. The van der Waals surface area contributed by atoms with E-state index in [-0.39, 0.29) is 29.2 Å². The van der Waals surface area contributed by atoms with Crippen LogP contribution in [0.1, 0.15) is 27.5 Å². The van der Waals surface area contributed by atoms with E-state index < -0.39 is 5.76 Å².